The summed E-state index contributed by atoms with van der Waals surface area (Å²) in [6.07, 6.45) is 1.83. The molecule has 0 aromatic rings. The molecule has 7 heavy (non-hydrogen) atoms. The van der Waals surface area contributed by atoms with Crippen LogP contribution in [0, 0.1) is 4.71 Å². The summed E-state index contributed by atoms with van der Waals surface area (Å²) < 4.78 is 0.875. The number of hydrogen-bond acceptors (Lipinski definition) is 1. The molecule has 1 radical (unpaired) electrons. The summed E-state index contributed by atoms with van der Waals surface area (Å²) >= 11 is 7.08. The van der Waals surface area contributed by atoms with E-state index >= 15 is 0 Å². The number of rotatable bonds is 3. The third kappa shape index (κ3) is 6.38. The van der Waals surface area contributed by atoms with E-state index in [2.05, 4.69) is 6.58 Å². The molecule has 0 N–H and O–H groups in total. The molecule has 0 rings (SSSR count). The average molecular weight is 136 g/mol. The van der Waals surface area contributed by atoms with Crippen molar-refractivity contribution in [2.24, 2.45) is 0 Å². The molecule has 0 bridgehead atoms. The van der Waals surface area contributed by atoms with Crippen LogP contribution in [0.15, 0.2) is 12.7 Å². The molecule has 0 nitrogen and oxygen atoms in total. The van der Waals surface area contributed by atoms with Crippen LogP contribution in [-0.4, -0.2) is 5.75 Å². The lowest BCUT2D eigenvalue weighted by Crippen LogP contribution is -1.70. The number of hydrogen-bond donors (Lipinski definition) is 0. The van der Waals surface area contributed by atoms with Crippen molar-refractivity contribution in [3.8, 4) is 0 Å². The van der Waals surface area contributed by atoms with Gasteiger partial charge in [-0.1, -0.05) is 6.08 Å². The van der Waals surface area contributed by atoms with Crippen LogP contribution >= 0.6 is 23.4 Å². The minimum absolute atomic E-state index is 0.875. The largest absolute Gasteiger partial charge is 0.132 e. The van der Waals surface area contributed by atoms with E-state index in [1.165, 1.54) is 0 Å². The van der Waals surface area contributed by atoms with E-state index in [1.54, 1.807) is 11.8 Å². The second-order valence-corrected chi connectivity index (χ2v) is 3.10. The maximum absolute atomic E-state index is 5.49. The summed E-state index contributed by atoms with van der Waals surface area (Å²) in [5.74, 6) is 0.912. The maximum atomic E-state index is 5.49. The standard InChI is InChI=1S/C5H8ClS/c1-3-4-7-5(2)6/h3H,1,4H2,2H3. The third-order valence-corrected chi connectivity index (χ3v) is 1.53. The molecule has 41 valence electrons. The van der Waals surface area contributed by atoms with Crippen LogP contribution in [0.5, 0.6) is 0 Å². The SMILES string of the molecule is C=CCS[C](C)Cl. The quantitative estimate of drug-likeness (QED) is 0.537. The van der Waals surface area contributed by atoms with Crippen molar-refractivity contribution < 1.29 is 0 Å². The summed E-state index contributed by atoms with van der Waals surface area (Å²) in [6.45, 7) is 5.41. The molecule has 0 saturated carbocycles. The van der Waals surface area contributed by atoms with Crippen molar-refractivity contribution in [2.45, 2.75) is 6.92 Å². The summed E-state index contributed by atoms with van der Waals surface area (Å²) in [7, 11) is 0. The van der Waals surface area contributed by atoms with Crippen molar-refractivity contribution in [1.82, 2.24) is 0 Å². The van der Waals surface area contributed by atoms with Crippen molar-refractivity contribution in [3.05, 3.63) is 17.4 Å². The van der Waals surface area contributed by atoms with Crippen LogP contribution in [0.3, 0.4) is 0 Å². The Labute approximate surface area is 53.9 Å². The molecule has 0 atom stereocenters. The van der Waals surface area contributed by atoms with E-state index in [-0.39, 0.29) is 0 Å². The molecule has 0 aliphatic carbocycles. The predicted molar refractivity (Wildman–Crippen MR) is 37.4 cm³/mol. The van der Waals surface area contributed by atoms with Gasteiger partial charge in [0.15, 0.2) is 0 Å². The lowest BCUT2D eigenvalue weighted by molar-refractivity contribution is 1.62. The van der Waals surface area contributed by atoms with E-state index in [4.69, 9.17) is 11.6 Å². The van der Waals surface area contributed by atoms with Crippen LogP contribution < -0.4 is 0 Å². The first kappa shape index (κ1) is 7.38. The van der Waals surface area contributed by atoms with Crippen LogP contribution in [-0.2, 0) is 0 Å². The lowest BCUT2D eigenvalue weighted by Gasteiger charge is -1.93. The number of thioether (sulfide) groups is 1. The van der Waals surface area contributed by atoms with Gasteiger partial charge in [0, 0.05) is 5.75 Å². The van der Waals surface area contributed by atoms with E-state index in [0.29, 0.717) is 0 Å². The molecule has 0 aromatic carbocycles. The van der Waals surface area contributed by atoms with Crippen LogP contribution in [0.2, 0.25) is 0 Å². The van der Waals surface area contributed by atoms with Gasteiger partial charge < -0.3 is 0 Å². The second kappa shape index (κ2) is 4.54. The molecule has 0 spiro atoms. The Hall–Kier alpha value is 0.380. The number of halogens is 1. The Morgan fingerprint density at radius 1 is 2.00 bits per heavy atom. The zero-order valence-corrected chi connectivity index (χ0v) is 5.85. The van der Waals surface area contributed by atoms with Crippen LogP contribution in [0.4, 0.5) is 0 Å². The molecule has 0 aliphatic heterocycles. The van der Waals surface area contributed by atoms with Gasteiger partial charge in [0.1, 0.15) is 4.71 Å². The zero-order chi connectivity index (χ0) is 5.70. The Balaban J connectivity index is 2.81. The van der Waals surface area contributed by atoms with Crippen molar-refractivity contribution in [2.75, 3.05) is 5.75 Å². The van der Waals surface area contributed by atoms with Gasteiger partial charge in [0.25, 0.3) is 0 Å². The minimum atomic E-state index is 0.875. The van der Waals surface area contributed by atoms with E-state index in [1.807, 2.05) is 13.0 Å². The molecule has 0 aliphatic rings. The molecule has 0 heterocycles. The fourth-order valence-electron chi connectivity index (χ4n) is 0.174. The highest BCUT2D eigenvalue weighted by Gasteiger charge is 1.91. The van der Waals surface area contributed by atoms with Gasteiger partial charge in [-0.15, -0.1) is 29.9 Å². The Morgan fingerprint density at radius 2 is 2.57 bits per heavy atom. The fourth-order valence-corrected chi connectivity index (χ4v) is 0.710. The van der Waals surface area contributed by atoms with Crippen molar-refractivity contribution >= 4 is 23.4 Å². The normalized spacial score (nSPS) is 9.57. The van der Waals surface area contributed by atoms with Crippen LogP contribution in [0.1, 0.15) is 6.92 Å². The molecular weight excluding hydrogens is 128 g/mol. The lowest BCUT2D eigenvalue weighted by atomic mass is 10.8. The monoisotopic (exact) mass is 135 g/mol. The van der Waals surface area contributed by atoms with Gasteiger partial charge in [-0.05, 0) is 6.92 Å². The highest BCUT2D eigenvalue weighted by molar-refractivity contribution is 8.03. The molecule has 0 saturated heterocycles. The Kier molecular flexibility index (Phi) is 4.78. The third-order valence-electron chi connectivity index (χ3n) is 0.400. The van der Waals surface area contributed by atoms with E-state index in [0.717, 1.165) is 10.5 Å². The van der Waals surface area contributed by atoms with Crippen molar-refractivity contribution in [1.29, 1.82) is 0 Å². The topological polar surface area (TPSA) is 0 Å². The van der Waals surface area contributed by atoms with Crippen molar-refractivity contribution in [3.63, 3.8) is 0 Å². The maximum Gasteiger partial charge on any atom is 0.115 e. The molecule has 0 fully saturated rings. The van der Waals surface area contributed by atoms with Gasteiger partial charge >= 0.3 is 0 Å². The van der Waals surface area contributed by atoms with Crippen LogP contribution in [0.25, 0.3) is 0 Å². The smallest absolute Gasteiger partial charge is 0.115 e. The first-order valence-corrected chi connectivity index (χ1v) is 3.36. The predicted octanol–water partition coefficient (Wildman–Crippen LogP) is 2.65. The summed E-state index contributed by atoms with van der Waals surface area (Å²) in [6, 6.07) is 0. The highest BCUT2D eigenvalue weighted by atomic mass is 35.5. The van der Waals surface area contributed by atoms with E-state index in [9.17, 15) is 0 Å². The van der Waals surface area contributed by atoms with Gasteiger partial charge in [-0.3, -0.25) is 0 Å². The zero-order valence-electron chi connectivity index (χ0n) is 4.28. The Morgan fingerprint density at radius 3 is 2.71 bits per heavy atom. The summed E-state index contributed by atoms with van der Waals surface area (Å²) in [5, 5.41) is 0. The average Bonchev–Trinajstić information content (AvgIpc) is 1.61. The first-order chi connectivity index (χ1) is 3.27. The van der Waals surface area contributed by atoms with Gasteiger partial charge in [0.2, 0.25) is 0 Å². The summed E-state index contributed by atoms with van der Waals surface area (Å²) in [4.78, 5) is 0. The molecule has 0 aromatic heterocycles. The highest BCUT2D eigenvalue weighted by Crippen LogP contribution is 2.21. The van der Waals surface area contributed by atoms with Gasteiger partial charge in [-0.2, -0.15) is 0 Å². The van der Waals surface area contributed by atoms with Gasteiger partial charge in [-0.25, -0.2) is 0 Å². The Bertz CT molecular complexity index is 52.0. The molecule has 0 amide bonds. The second-order valence-electron chi connectivity index (χ2n) is 1.07. The van der Waals surface area contributed by atoms with E-state index < -0.39 is 0 Å². The first-order valence-electron chi connectivity index (χ1n) is 2.00. The van der Waals surface area contributed by atoms with Gasteiger partial charge in [0.05, 0.1) is 0 Å². The molecular formula is C5H8ClS. The minimum Gasteiger partial charge on any atom is -0.132 e. The molecule has 2 heteroatoms. The fraction of sp³-hybridized carbons (Fsp3) is 0.400. The summed E-state index contributed by atoms with van der Waals surface area (Å²) in [5.41, 5.74) is 0. The molecule has 0 unspecified atom stereocenters.